The number of benzene rings is 1. The predicted molar refractivity (Wildman–Crippen MR) is 81.8 cm³/mol. The summed E-state index contributed by atoms with van der Waals surface area (Å²) in [5.41, 5.74) is -0.387. The van der Waals surface area contributed by atoms with Gasteiger partial charge < -0.3 is 9.84 Å². The maximum atomic E-state index is 11.9. The normalized spacial score (nSPS) is 26.7. The first-order chi connectivity index (χ1) is 9.26. The van der Waals surface area contributed by atoms with Gasteiger partial charge in [0.2, 0.25) is 0 Å². The minimum atomic E-state index is -3.26. The van der Waals surface area contributed by atoms with Crippen LogP contribution in [0.25, 0.3) is 0 Å². The largest absolute Gasteiger partial charge is 0.496 e. The molecule has 1 aromatic carbocycles. The van der Waals surface area contributed by atoms with E-state index in [0.717, 1.165) is 16.5 Å². The summed E-state index contributed by atoms with van der Waals surface area (Å²) in [6.45, 7) is 0. The van der Waals surface area contributed by atoms with Crippen LogP contribution in [0.15, 0.2) is 22.7 Å². The third-order valence-electron chi connectivity index (χ3n) is 3.93. The van der Waals surface area contributed by atoms with Crippen LogP contribution in [0, 0.1) is 0 Å². The second kappa shape index (κ2) is 5.66. The van der Waals surface area contributed by atoms with Gasteiger partial charge in [0.25, 0.3) is 0 Å². The molecule has 1 saturated carbocycles. The molecule has 0 heterocycles. The maximum Gasteiger partial charge on any atom is 0.153 e. The van der Waals surface area contributed by atoms with E-state index >= 15 is 0 Å². The lowest BCUT2D eigenvalue weighted by molar-refractivity contribution is 0.0506. The van der Waals surface area contributed by atoms with E-state index in [-0.39, 0.29) is 6.42 Å². The Morgan fingerprint density at radius 3 is 2.80 bits per heavy atom. The molecule has 1 aliphatic rings. The van der Waals surface area contributed by atoms with Crippen LogP contribution in [-0.4, -0.2) is 37.7 Å². The molecule has 0 spiro atoms. The zero-order valence-corrected chi connectivity index (χ0v) is 14.0. The molecule has 1 aliphatic carbocycles. The van der Waals surface area contributed by atoms with Gasteiger partial charge in [0.1, 0.15) is 5.75 Å². The van der Waals surface area contributed by atoms with Crippen molar-refractivity contribution in [1.29, 1.82) is 0 Å². The Balaban J connectivity index is 2.35. The minimum Gasteiger partial charge on any atom is -0.496 e. The van der Waals surface area contributed by atoms with Crippen LogP contribution in [0.5, 0.6) is 5.75 Å². The quantitative estimate of drug-likeness (QED) is 0.892. The van der Waals surface area contributed by atoms with Crippen molar-refractivity contribution < 1.29 is 18.3 Å². The maximum absolute atomic E-state index is 11.9. The summed E-state index contributed by atoms with van der Waals surface area (Å²) in [7, 11) is -1.69. The lowest BCUT2D eigenvalue weighted by atomic mass is 9.92. The molecule has 1 N–H and O–H groups in total. The number of aliphatic hydroxyl groups is 1. The Bertz CT molecular complexity index is 599. The fourth-order valence-electron chi connectivity index (χ4n) is 3.05. The lowest BCUT2D eigenvalue weighted by Gasteiger charge is -2.29. The van der Waals surface area contributed by atoms with Crippen molar-refractivity contribution in [3.63, 3.8) is 0 Å². The average molecular weight is 363 g/mol. The first-order valence-corrected chi connectivity index (χ1v) is 9.25. The molecule has 0 saturated heterocycles. The third kappa shape index (κ3) is 3.18. The Labute approximate surface area is 128 Å². The summed E-state index contributed by atoms with van der Waals surface area (Å²) in [4.78, 5) is 0. The Kier molecular flexibility index (Phi) is 4.47. The van der Waals surface area contributed by atoms with E-state index in [0.29, 0.717) is 18.6 Å². The van der Waals surface area contributed by atoms with E-state index in [1.165, 1.54) is 6.26 Å². The molecule has 0 aliphatic heterocycles. The van der Waals surface area contributed by atoms with Gasteiger partial charge in [0.15, 0.2) is 9.84 Å². The third-order valence-corrected chi connectivity index (χ3v) is 6.13. The molecule has 2 unspecified atom stereocenters. The summed E-state index contributed by atoms with van der Waals surface area (Å²) < 4.78 is 29.9. The average Bonchev–Trinajstić information content (AvgIpc) is 2.71. The molecule has 2 atom stereocenters. The second-order valence-corrected chi connectivity index (χ2v) is 8.59. The Morgan fingerprint density at radius 1 is 1.50 bits per heavy atom. The van der Waals surface area contributed by atoms with Crippen molar-refractivity contribution >= 4 is 25.8 Å². The highest BCUT2D eigenvalue weighted by Gasteiger charge is 2.47. The fourth-order valence-corrected chi connectivity index (χ4v) is 5.05. The van der Waals surface area contributed by atoms with Crippen molar-refractivity contribution in [2.24, 2.45) is 0 Å². The number of hydrogen-bond acceptors (Lipinski definition) is 4. The monoisotopic (exact) mass is 362 g/mol. The molecule has 0 amide bonds. The van der Waals surface area contributed by atoms with Crippen LogP contribution in [0.3, 0.4) is 0 Å². The van der Waals surface area contributed by atoms with Gasteiger partial charge in [-0.2, -0.15) is 0 Å². The van der Waals surface area contributed by atoms with Crippen molar-refractivity contribution in [1.82, 2.24) is 0 Å². The Morgan fingerprint density at radius 2 is 2.20 bits per heavy atom. The highest BCUT2D eigenvalue weighted by molar-refractivity contribution is 9.10. The molecule has 1 fully saturated rings. The first kappa shape index (κ1) is 15.8. The van der Waals surface area contributed by atoms with Gasteiger partial charge in [-0.3, -0.25) is 0 Å². The van der Waals surface area contributed by atoms with Gasteiger partial charge in [-0.25, -0.2) is 8.42 Å². The molecule has 0 radical (unpaired) electrons. The number of halogens is 1. The molecule has 20 heavy (non-hydrogen) atoms. The van der Waals surface area contributed by atoms with Crippen molar-refractivity contribution in [3.05, 3.63) is 28.2 Å². The number of sulfone groups is 1. The van der Waals surface area contributed by atoms with Crippen molar-refractivity contribution in [2.75, 3.05) is 13.4 Å². The number of ether oxygens (including phenoxy) is 1. The number of rotatable bonds is 4. The summed E-state index contributed by atoms with van der Waals surface area (Å²) >= 11 is 3.39. The molecule has 2 rings (SSSR count). The molecule has 112 valence electrons. The van der Waals surface area contributed by atoms with Crippen molar-refractivity contribution in [3.8, 4) is 5.75 Å². The van der Waals surface area contributed by atoms with Crippen molar-refractivity contribution in [2.45, 2.75) is 36.5 Å². The van der Waals surface area contributed by atoms with Gasteiger partial charge in [-0.1, -0.05) is 15.9 Å². The van der Waals surface area contributed by atoms with E-state index < -0.39 is 20.7 Å². The van der Waals surface area contributed by atoms with Crippen LogP contribution in [-0.2, 0) is 16.3 Å². The van der Waals surface area contributed by atoms with E-state index in [1.807, 2.05) is 18.2 Å². The Hall–Kier alpha value is -0.590. The van der Waals surface area contributed by atoms with Gasteiger partial charge in [-0.15, -0.1) is 0 Å². The van der Waals surface area contributed by atoms with Gasteiger partial charge in [-0.05, 0) is 43.0 Å². The summed E-state index contributed by atoms with van der Waals surface area (Å²) in [5.74, 6) is 0.667. The molecular weight excluding hydrogens is 344 g/mol. The van der Waals surface area contributed by atoms with Gasteiger partial charge in [0, 0.05) is 17.1 Å². The van der Waals surface area contributed by atoms with Gasteiger partial charge in [0.05, 0.1) is 18.0 Å². The fraction of sp³-hybridized carbons (Fsp3) is 0.571. The second-order valence-electron chi connectivity index (χ2n) is 5.45. The molecular formula is C14H19BrO4S. The summed E-state index contributed by atoms with van der Waals surface area (Å²) in [5, 5.41) is 10.1. The zero-order valence-electron chi connectivity index (χ0n) is 11.6. The molecule has 1 aromatic rings. The molecule has 6 heteroatoms. The standard InChI is InChI=1S/C14H19BrO4S/c1-19-12-6-5-11(15)8-10(12)9-14(16)7-3-4-13(14)20(2,17)18/h5-6,8,13,16H,3-4,7,9H2,1-2H3. The molecule has 4 nitrogen and oxygen atoms in total. The van der Waals surface area contributed by atoms with Crippen LogP contribution in [0.2, 0.25) is 0 Å². The van der Waals surface area contributed by atoms with E-state index in [4.69, 9.17) is 4.74 Å². The smallest absolute Gasteiger partial charge is 0.153 e. The number of methoxy groups -OCH3 is 1. The highest BCUT2D eigenvalue weighted by Crippen LogP contribution is 2.39. The van der Waals surface area contributed by atoms with Crippen LogP contribution < -0.4 is 4.74 Å². The first-order valence-electron chi connectivity index (χ1n) is 6.50. The van der Waals surface area contributed by atoms with Crippen LogP contribution in [0.1, 0.15) is 24.8 Å². The number of hydrogen-bond donors (Lipinski definition) is 1. The van der Waals surface area contributed by atoms with E-state index in [9.17, 15) is 13.5 Å². The molecule has 0 bridgehead atoms. The summed E-state index contributed by atoms with van der Waals surface area (Å²) in [6.07, 6.45) is 3.23. The predicted octanol–water partition coefficient (Wildman–Crippen LogP) is 2.33. The highest BCUT2D eigenvalue weighted by atomic mass is 79.9. The van der Waals surface area contributed by atoms with Gasteiger partial charge >= 0.3 is 0 Å². The topological polar surface area (TPSA) is 63.6 Å². The van der Waals surface area contributed by atoms with E-state index in [2.05, 4.69) is 15.9 Å². The van der Waals surface area contributed by atoms with Crippen LogP contribution in [0.4, 0.5) is 0 Å². The SMILES string of the molecule is COc1ccc(Br)cc1CC1(O)CCCC1S(C)(=O)=O. The minimum absolute atomic E-state index is 0.285. The summed E-state index contributed by atoms with van der Waals surface area (Å²) in [6, 6.07) is 5.54. The van der Waals surface area contributed by atoms with Crippen LogP contribution >= 0.6 is 15.9 Å². The zero-order chi connectivity index (χ0) is 15.0. The lowest BCUT2D eigenvalue weighted by Crippen LogP contribution is -2.44. The van der Waals surface area contributed by atoms with E-state index in [1.54, 1.807) is 7.11 Å². The molecule has 0 aromatic heterocycles.